The van der Waals surface area contributed by atoms with E-state index in [0.717, 1.165) is 63.2 Å². The molecule has 5 nitrogen and oxygen atoms in total. The molecule has 8 aliphatic carbocycles. The molecule has 15 rings (SSSR count). The summed E-state index contributed by atoms with van der Waals surface area (Å²) in [4.78, 5) is 25.8. The van der Waals surface area contributed by atoms with Crippen LogP contribution in [0.25, 0.3) is 0 Å². The molecule has 102 heavy (non-hydrogen) atoms. The van der Waals surface area contributed by atoms with Gasteiger partial charge in [0.2, 0.25) is 0 Å². The summed E-state index contributed by atoms with van der Waals surface area (Å²) in [5.74, 6) is 3.25. The van der Waals surface area contributed by atoms with Crippen molar-refractivity contribution in [2.24, 2.45) is 62.6 Å². The first kappa shape index (κ1) is 76.6. The van der Waals surface area contributed by atoms with Crippen molar-refractivity contribution in [1.29, 1.82) is 0 Å². The number of hydrogen-bond acceptors (Lipinski definition) is 5. The summed E-state index contributed by atoms with van der Waals surface area (Å²) >= 11 is 0. The van der Waals surface area contributed by atoms with E-state index in [1.165, 1.54) is 124 Å². The van der Waals surface area contributed by atoms with E-state index in [1.807, 2.05) is 13.8 Å². The van der Waals surface area contributed by atoms with E-state index >= 15 is 0 Å². The highest BCUT2D eigenvalue weighted by molar-refractivity contribution is 5.73. The van der Waals surface area contributed by atoms with Crippen LogP contribution in [-0.4, -0.2) is 36.9 Å². The highest BCUT2D eigenvalue weighted by Crippen LogP contribution is 2.70. The van der Waals surface area contributed by atoms with Gasteiger partial charge in [0.1, 0.15) is 0 Å². The number of benzene rings is 7. The van der Waals surface area contributed by atoms with Gasteiger partial charge < -0.3 is 14.6 Å². The minimum absolute atomic E-state index is 0.000175. The zero-order valence-corrected chi connectivity index (χ0v) is 65.3. The molecule has 0 spiro atoms. The third kappa shape index (κ3) is 17.4. The Hall–Kier alpha value is -6.56. The van der Waals surface area contributed by atoms with Gasteiger partial charge in [-0.15, -0.1) is 0 Å². The third-order valence-corrected chi connectivity index (χ3v) is 27.1. The molecule has 0 radical (unpaired) electrons. The van der Waals surface area contributed by atoms with Gasteiger partial charge in [-0.2, -0.15) is 0 Å². The Bertz CT molecular complexity index is 3640. The Morgan fingerprint density at radius 1 is 0.412 bits per heavy atom. The van der Waals surface area contributed by atoms with E-state index in [2.05, 4.69) is 275 Å². The first-order valence-electron chi connectivity index (χ1n) is 39.9. The normalized spacial score (nSPS) is 27.5. The van der Waals surface area contributed by atoms with Gasteiger partial charge in [-0.1, -0.05) is 302 Å². The van der Waals surface area contributed by atoms with Gasteiger partial charge in [-0.3, -0.25) is 9.59 Å². The number of methoxy groups -OCH3 is 2. The molecule has 8 bridgehead atoms. The predicted molar refractivity (Wildman–Crippen MR) is 424 cm³/mol. The molecule has 8 saturated carbocycles. The zero-order chi connectivity index (χ0) is 72.8. The molecule has 5 heteroatoms. The van der Waals surface area contributed by atoms with Gasteiger partial charge in [0.15, 0.2) is 0 Å². The molecule has 0 aromatic heterocycles. The number of carbonyl (C=O) groups excluding carboxylic acids is 2. The van der Waals surface area contributed by atoms with Crippen molar-refractivity contribution in [3.05, 3.63) is 251 Å². The Kier molecular flexibility index (Phi) is 23.7. The topological polar surface area (TPSA) is 72.8 Å². The number of ether oxygens (including phenoxy) is 2. The summed E-state index contributed by atoms with van der Waals surface area (Å²) in [6, 6.07) is 75.9. The van der Waals surface area contributed by atoms with E-state index in [0.29, 0.717) is 63.6 Å². The molecule has 0 saturated heterocycles. The molecule has 11 atom stereocenters. The van der Waals surface area contributed by atoms with Gasteiger partial charge in [0, 0.05) is 10.8 Å². The summed E-state index contributed by atoms with van der Waals surface area (Å²) < 4.78 is 10.5. The van der Waals surface area contributed by atoms with E-state index in [1.54, 1.807) is 5.56 Å². The van der Waals surface area contributed by atoms with Crippen LogP contribution in [0.1, 0.15) is 280 Å². The van der Waals surface area contributed by atoms with Crippen molar-refractivity contribution in [3.8, 4) is 0 Å². The fraction of sp³-hybridized carbons (Fsp3) is 0.546. The molecule has 0 aliphatic heterocycles. The SMILES string of the molecule is CC12CC3CC(C)(C1)CC(O)(C3)C2.CCC(C)CC(CC(CC(C)C(=O)OC)(c1ccccc1)c1ccccc1)c1ccccc1.CCC(C)CC(c1ccc(C23CC4CC(C)(CC(C)(C4)C2)C3)cc1)C(C)(C)CC(CC(CC(C)C(=O)OC)(c1ccccc1)c1ccccc1)c1ccccc1. The van der Waals surface area contributed by atoms with Crippen LogP contribution >= 0.6 is 0 Å². The summed E-state index contributed by atoms with van der Waals surface area (Å²) in [7, 11) is 3.01. The maximum Gasteiger partial charge on any atom is 0.308 e. The molecule has 0 amide bonds. The summed E-state index contributed by atoms with van der Waals surface area (Å²) in [5, 5.41) is 10.4. The van der Waals surface area contributed by atoms with Gasteiger partial charge in [-0.25, -0.2) is 0 Å². The van der Waals surface area contributed by atoms with Crippen molar-refractivity contribution in [1.82, 2.24) is 0 Å². The molecule has 546 valence electrons. The second kappa shape index (κ2) is 31.6. The maximum absolute atomic E-state index is 13.2. The monoisotopic (exact) mass is 1370 g/mol. The van der Waals surface area contributed by atoms with Gasteiger partial charge in [0.25, 0.3) is 0 Å². The largest absolute Gasteiger partial charge is 0.469 e. The number of carbonyl (C=O) groups is 2. The summed E-state index contributed by atoms with van der Waals surface area (Å²) in [5.41, 5.74) is 12.3. The van der Waals surface area contributed by atoms with Crippen molar-refractivity contribution in [3.63, 3.8) is 0 Å². The van der Waals surface area contributed by atoms with Crippen LogP contribution in [-0.2, 0) is 35.3 Å². The Labute approximate surface area is 617 Å². The second-order valence-corrected chi connectivity index (χ2v) is 37.1. The van der Waals surface area contributed by atoms with Crippen molar-refractivity contribution in [2.45, 2.75) is 258 Å². The standard InChI is InChI=1S/C54H70O2.C31H38O2.C12H20O/c1-9-39(2)29-48(43-25-27-45(28-26-43)53-33-41-31-51(6,37-53)36-52(7,32-41)38-53)50(4,5)34-44(42-19-13-10-14-20-42)35-54(30-40(3)49(55)56-8,46-21-15-11-16-22-46)47-23-17-12-18-24-47;1-5-24(2)21-27(26-15-9-6-10-16-26)23-31(22-25(3)30(32)33-4,28-17-11-7-12-18-28)29-19-13-8-14-20-29;1-10-3-9-4-11(2,6-10)8-12(13,5-9)7-10/h10-28,39-41,44,48H,9,29-38H2,1-8H3;6-20,24-25,27H,5,21-23H2,1-4H3;9,13H,3-8H2,1-2H3. The third-order valence-electron chi connectivity index (χ3n) is 27.1. The molecule has 1 N–H and O–H groups in total. The van der Waals surface area contributed by atoms with Crippen LogP contribution in [0.3, 0.4) is 0 Å². The van der Waals surface area contributed by atoms with Gasteiger partial charge in [-0.05, 0) is 240 Å². The Balaban J connectivity index is 0.000000189. The fourth-order valence-corrected chi connectivity index (χ4v) is 24.2. The van der Waals surface area contributed by atoms with Crippen molar-refractivity contribution < 1.29 is 24.2 Å². The van der Waals surface area contributed by atoms with Crippen LogP contribution < -0.4 is 0 Å². The van der Waals surface area contributed by atoms with Gasteiger partial charge in [0.05, 0.1) is 31.7 Å². The van der Waals surface area contributed by atoms with Crippen LogP contribution in [0.5, 0.6) is 0 Å². The molecule has 7 aromatic rings. The molecule has 8 fully saturated rings. The first-order valence-corrected chi connectivity index (χ1v) is 39.9. The number of hydrogen-bond donors (Lipinski definition) is 1. The maximum atomic E-state index is 13.2. The van der Waals surface area contributed by atoms with Crippen LogP contribution in [0.4, 0.5) is 0 Å². The average molecular weight is 1370 g/mol. The number of rotatable bonds is 27. The summed E-state index contributed by atoms with van der Waals surface area (Å²) in [6.07, 6.45) is 24.7. The van der Waals surface area contributed by atoms with Crippen LogP contribution in [0.15, 0.2) is 206 Å². The molecular weight excluding hydrogens is 1250 g/mol. The van der Waals surface area contributed by atoms with E-state index in [-0.39, 0.29) is 46.1 Å². The van der Waals surface area contributed by atoms with Crippen molar-refractivity contribution in [2.75, 3.05) is 14.2 Å². The fourth-order valence-electron chi connectivity index (χ4n) is 24.2. The van der Waals surface area contributed by atoms with Gasteiger partial charge >= 0.3 is 11.9 Å². The first-order chi connectivity index (χ1) is 48.6. The molecule has 7 aromatic carbocycles. The smallest absolute Gasteiger partial charge is 0.308 e. The lowest BCUT2D eigenvalue weighted by molar-refractivity contribution is -0.189. The van der Waals surface area contributed by atoms with E-state index in [9.17, 15) is 14.7 Å². The minimum Gasteiger partial charge on any atom is -0.469 e. The number of aliphatic hydroxyl groups is 1. The molecule has 11 unspecified atom stereocenters. The molecule has 0 heterocycles. The highest BCUT2D eigenvalue weighted by Gasteiger charge is 2.61. The molecule has 8 aliphatic rings. The quantitative estimate of drug-likeness (QED) is 0.0520. The summed E-state index contributed by atoms with van der Waals surface area (Å²) in [6.45, 7) is 28.6. The lowest BCUT2D eigenvalue weighted by Gasteiger charge is -2.65. The molecular formula is C97H128O5. The average Bonchev–Trinajstić information content (AvgIpc) is 0.712. The zero-order valence-electron chi connectivity index (χ0n) is 65.3. The Morgan fingerprint density at radius 2 is 0.755 bits per heavy atom. The lowest BCUT2D eigenvalue weighted by Crippen LogP contribution is -2.58. The van der Waals surface area contributed by atoms with Crippen LogP contribution in [0.2, 0.25) is 0 Å². The van der Waals surface area contributed by atoms with E-state index < -0.39 is 5.41 Å². The Morgan fingerprint density at radius 3 is 1.11 bits per heavy atom. The second-order valence-electron chi connectivity index (χ2n) is 37.1. The minimum atomic E-state index is -0.397. The van der Waals surface area contributed by atoms with E-state index in [4.69, 9.17) is 9.47 Å². The van der Waals surface area contributed by atoms with Crippen molar-refractivity contribution >= 4 is 11.9 Å². The highest BCUT2D eigenvalue weighted by atomic mass is 16.5. The number of esters is 2. The lowest BCUT2D eigenvalue weighted by atomic mass is 9.39. The predicted octanol–water partition coefficient (Wildman–Crippen LogP) is 24.7. The van der Waals surface area contributed by atoms with Crippen LogP contribution in [0, 0.1) is 62.6 Å².